The number of halogens is 1. The standard InChI is InChI=1S/C9H13ClN2/c1-6(2)12-8-4-7(3)5-11-9(8)10/h4-6,12H,1-3H3. The molecule has 0 spiro atoms. The highest BCUT2D eigenvalue weighted by Crippen LogP contribution is 2.20. The molecule has 12 heavy (non-hydrogen) atoms. The van der Waals surface area contributed by atoms with Gasteiger partial charge in [-0.2, -0.15) is 0 Å². The zero-order valence-corrected chi connectivity index (χ0v) is 8.31. The van der Waals surface area contributed by atoms with Crippen LogP contribution in [0.4, 0.5) is 5.69 Å². The summed E-state index contributed by atoms with van der Waals surface area (Å²) in [5.74, 6) is 0. The van der Waals surface area contributed by atoms with E-state index >= 15 is 0 Å². The molecule has 1 aromatic rings. The van der Waals surface area contributed by atoms with Gasteiger partial charge in [0.2, 0.25) is 0 Å². The number of pyridine rings is 1. The molecular weight excluding hydrogens is 172 g/mol. The molecule has 2 nitrogen and oxygen atoms in total. The molecule has 0 atom stereocenters. The van der Waals surface area contributed by atoms with E-state index in [1.54, 1.807) is 6.20 Å². The van der Waals surface area contributed by atoms with Crippen LogP contribution in [0, 0.1) is 6.92 Å². The van der Waals surface area contributed by atoms with E-state index in [1.807, 2.05) is 13.0 Å². The average Bonchev–Trinajstić information content (AvgIpc) is 1.96. The molecule has 0 aliphatic rings. The van der Waals surface area contributed by atoms with Gasteiger partial charge in [-0.1, -0.05) is 11.6 Å². The molecule has 0 saturated carbocycles. The van der Waals surface area contributed by atoms with Crippen molar-refractivity contribution < 1.29 is 0 Å². The Balaban J connectivity index is 2.90. The molecule has 0 aliphatic carbocycles. The van der Waals surface area contributed by atoms with Crippen molar-refractivity contribution in [1.82, 2.24) is 4.98 Å². The van der Waals surface area contributed by atoms with Crippen molar-refractivity contribution in [3.8, 4) is 0 Å². The summed E-state index contributed by atoms with van der Waals surface area (Å²) in [6.45, 7) is 6.13. The van der Waals surface area contributed by atoms with Crippen LogP contribution >= 0.6 is 11.6 Å². The smallest absolute Gasteiger partial charge is 0.152 e. The van der Waals surface area contributed by atoms with Gasteiger partial charge in [-0.3, -0.25) is 0 Å². The molecule has 1 aromatic heterocycles. The number of anilines is 1. The first-order valence-electron chi connectivity index (χ1n) is 3.98. The van der Waals surface area contributed by atoms with Gasteiger partial charge in [0.1, 0.15) is 0 Å². The first-order chi connectivity index (χ1) is 5.59. The lowest BCUT2D eigenvalue weighted by Gasteiger charge is -2.11. The zero-order chi connectivity index (χ0) is 9.14. The van der Waals surface area contributed by atoms with Crippen LogP contribution in [0.5, 0.6) is 0 Å². The molecule has 66 valence electrons. The number of aryl methyl sites for hydroxylation is 1. The van der Waals surface area contributed by atoms with E-state index in [2.05, 4.69) is 24.1 Å². The maximum absolute atomic E-state index is 5.87. The molecule has 0 fully saturated rings. The van der Waals surface area contributed by atoms with Crippen molar-refractivity contribution in [2.75, 3.05) is 5.32 Å². The SMILES string of the molecule is Cc1cnc(Cl)c(NC(C)C)c1. The molecule has 1 N–H and O–H groups in total. The van der Waals surface area contributed by atoms with Crippen LogP contribution in [0.2, 0.25) is 5.15 Å². The molecule has 0 aromatic carbocycles. The third kappa shape index (κ3) is 2.38. The fraction of sp³-hybridized carbons (Fsp3) is 0.444. The minimum absolute atomic E-state index is 0.381. The number of hydrogen-bond acceptors (Lipinski definition) is 2. The van der Waals surface area contributed by atoms with Crippen LogP contribution in [0.3, 0.4) is 0 Å². The number of hydrogen-bond donors (Lipinski definition) is 1. The zero-order valence-electron chi connectivity index (χ0n) is 7.56. The fourth-order valence-electron chi connectivity index (χ4n) is 0.965. The number of rotatable bonds is 2. The van der Waals surface area contributed by atoms with Gasteiger partial charge >= 0.3 is 0 Å². The lowest BCUT2D eigenvalue weighted by Crippen LogP contribution is -2.10. The van der Waals surface area contributed by atoms with E-state index in [1.165, 1.54) is 0 Å². The maximum Gasteiger partial charge on any atom is 0.152 e. The van der Waals surface area contributed by atoms with Gasteiger partial charge in [0, 0.05) is 12.2 Å². The first kappa shape index (κ1) is 9.33. The van der Waals surface area contributed by atoms with Crippen molar-refractivity contribution in [2.45, 2.75) is 26.8 Å². The highest BCUT2D eigenvalue weighted by atomic mass is 35.5. The Morgan fingerprint density at radius 2 is 2.17 bits per heavy atom. The second-order valence-electron chi connectivity index (χ2n) is 3.15. The molecule has 0 radical (unpaired) electrons. The number of nitrogens with one attached hydrogen (secondary N) is 1. The van der Waals surface area contributed by atoms with Crippen LogP contribution < -0.4 is 5.32 Å². The van der Waals surface area contributed by atoms with Gasteiger partial charge in [0.15, 0.2) is 5.15 Å². The van der Waals surface area contributed by atoms with Gasteiger partial charge in [-0.25, -0.2) is 4.98 Å². The van der Waals surface area contributed by atoms with Gasteiger partial charge in [-0.05, 0) is 32.4 Å². The Bertz CT molecular complexity index is 271. The monoisotopic (exact) mass is 184 g/mol. The van der Waals surface area contributed by atoms with Crippen LogP contribution in [0.25, 0.3) is 0 Å². The minimum atomic E-state index is 0.381. The summed E-state index contributed by atoms with van der Waals surface area (Å²) in [5, 5.41) is 3.76. The summed E-state index contributed by atoms with van der Waals surface area (Å²) in [4.78, 5) is 4.03. The van der Waals surface area contributed by atoms with E-state index in [-0.39, 0.29) is 0 Å². The van der Waals surface area contributed by atoms with Crippen molar-refractivity contribution >= 4 is 17.3 Å². The van der Waals surface area contributed by atoms with E-state index in [9.17, 15) is 0 Å². The Kier molecular flexibility index (Phi) is 2.93. The second kappa shape index (κ2) is 3.76. The second-order valence-corrected chi connectivity index (χ2v) is 3.51. The Labute approximate surface area is 78.0 Å². The molecule has 0 unspecified atom stereocenters. The Hall–Kier alpha value is -0.760. The average molecular weight is 185 g/mol. The van der Waals surface area contributed by atoms with Crippen molar-refractivity contribution in [3.63, 3.8) is 0 Å². The predicted molar refractivity (Wildman–Crippen MR) is 52.7 cm³/mol. The summed E-state index contributed by atoms with van der Waals surface area (Å²) in [6.07, 6.45) is 1.76. The predicted octanol–water partition coefficient (Wildman–Crippen LogP) is 2.86. The molecule has 0 saturated heterocycles. The third-order valence-electron chi connectivity index (χ3n) is 1.42. The Morgan fingerprint density at radius 3 is 2.75 bits per heavy atom. The molecule has 3 heteroatoms. The normalized spacial score (nSPS) is 10.4. The minimum Gasteiger partial charge on any atom is -0.380 e. The summed E-state index contributed by atoms with van der Waals surface area (Å²) < 4.78 is 0. The lowest BCUT2D eigenvalue weighted by atomic mass is 10.3. The van der Waals surface area contributed by atoms with E-state index in [4.69, 9.17) is 11.6 Å². The summed E-state index contributed by atoms with van der Waals surface area (Å²) in [6, 6.07) is 2.38. The molecule has 0 amide bonds. The summed E-state index contributed by atoms with van der Waals surface area (Å²) in [5.41, 5.74) is 2.02. The molecule has 1 heterocycles. The van der Waals surface area contributed by atoms with Crippen LogP contribution in [-0.4, -0.2) is 11.0 Å². The molecule has 0 aliphatic heterocycles. The van der Waals surface area contributed by atoms with E-state index in [0.717, 1.165) is 11.3 Å². The molecule has 0 bridgehead atoms. The van der Waals surface area contributed by atoms with Gasteiger partial charge < -0.3 is 5.32 Å². The highest BCUT2D eigenvalue weighted by molar-refractivity contribution is 6.31. The fourth-order valence-corrected chi connectivity index (χ4v) is 1.12. The highest BCUT2D eigenvalue weighted by Gasteiger charge is 2.01. The van der Waals surface area contributed by atoms with E-state index in [0.29, 0.717) is 11.2 Å². The maximum atomic E-state index is 5.87. The van der Waals surface area contributed by atoms with Crippen molar-refractivity contribution in [3.05, 3.63) is 23.0 Å². The molecular formula is C9H13ClN2. The van der Waals surface area contributed by atoms with Crippen LogP contribution in [-0.2, 0) is 0 Å². The topological polar surface area (TPSA) is 24.9 Å². The van der Waals surface area contributed by atoms with Gasteiger partial charge in [0.05, 0.1) is 5.69 Å². The van der Waals surface area contributed by atoms with Crippen molar-refractivity contribution in [2.24, 2.45) is 0 Å². The number of aromatic nitrogens is 1. The first-order valence-corrected chi connectivity index (χ1v) is 4.36. The Morgan fingerprint density at radius 1 is 1.50 bits per heavy atom. The third-order valence-corrected chi connectivity index (χ3v) is 1.72. The van der Waals surface area contributed by atoms with E-state index < -0.39 is 0 Å². The van der Waals surface area contributed by atoms with Crippen molar-refractivity contribution in [1.29, 1.82) is 0 Å². The quantitative estimate of drug-likeness (QED) is 0.715. The lowest BCUT2D eigenvalue weighted by molar-refractivity contribution is 0.897. The largest absolute Gasteiger partial charge is 0.380 e. The van der Waals surface area contributed by atoms with Crippen LogP contribution in [0.15, 0.2) is 12.3 Å². The summed E-state index contributed by atoms with van der Waals surface area (Å²) in [7, 11) is 0. The molecule has 1 rings (SSSR count). The number of nitrogens with zero attached hydrogens (tertiary/aromatic N) is 1. The van der Waals surface area contributed by atoms with Gasteiger partial charge in [-0.15, -0.1) is 0 Å². The van der Waals surface area contributed by atoms with Crippen LogP contribution in [0.1, 0.15) is 19.4 Å². The summed E-state index contributed by atoms with van der Waals surface area (Å²) >= 11 is 5.87. The van der Waals surface area contributed by atoms with Gasteiger partial charge in [0.25, 0.3) is 0 Å².